The lowest BCUT2D eigenvalue weighted by Crippen LogP contribution is -1.83. The molecule has 52 valence electrons. The highest BCUT2D eigenvalue weighted by molar-refractivity contribution is 7.79. The van der Waals surface area contributed by atoms with Gasteiger partial charge in [-0.05, 0) is 11.6 Å². The van der Waals surface area contributed by atoms with Crippen molar-refractivity contribution in [1.82, 2.24) is 4.98 Å². The second-order valence-electron chi connectivity index (χ2n) is 1.95. The van der Waals surface area contributed by atoms with E-state index in [1.807, 2.05) is 12.1 Å². The fraction of sp³-hybridized carbons (Fsp3) is 0.125. The second kappa shape index (κ2) is 3.42. The van der Waals surface area contributed by atoms with E-state index in [9.17, 15) is 0 Å². The van der Waals surface area contributed by atoms with Crippen LogP contribution in [0, 0.1) is 0 Å². The Morgan fingerprint density at radius 1 is 1.60 bits per heavy atom. The fourth-order valence-corrected chi connectivity index (χ4v) is 0.837. The molecule has 0 saturated heterocycles. The molecule has 1 aromatic rings. The third-order valence-electron chi connectivity index (χ3n) is 1.25. The van der Waals surface area contributed by atoms with Crippen LogP contribution in [0.2, 0.25) is 0 Å². The van der Waals surface area contributed by atoms with Gasteiger partial charge in [0.2, 0.25) is 0 Å². The van der Waals surface area contributed by atoms with Crippen LogP contribution in [0.15, 0.2) is 24.9 Å². The Balaban J connectivity index is 2.90. The summed E-state index contributed by atoms with van der Waals surface area (Å²) in [5.74, 6) is 0.692. The van der Waals surface area contributed by atoms with E-state index < -0.39 is 0 Å². The molecule has 0 fully saturated rings. The van der Waals surface area contributed by atoms with Crippen LogP contribution in [0.5, 0.6) is 0 Å². The van der Waals surface area contributed by atoms with Crippen molar-refractivity contribution in [3.8, 4) is 0 Å². The number of rotatable bonds is 2. The van der Waals surface area contributed by atoms with Crippen molar-refractivity contribution in [3.63, 3.8) is 0 Å². The molecule has 0 amide bonds. The third-order valence-corrected chi connectivity index (χ3v) is 1.57. The van der Waals surface area contributed by atoms with Crippen molar-refractivity contribution in [2.24, 2.45) is 0 Å². The van der Waals surface area contributed by atoms with Crippen LogP contribution in [0.4, 0.5) is 0 Å². The van der Waals surface area contributed by atoms with Crippen LogP contribution >= 0.6 is 12.6 Å². The molecule has 10 heavy (non-hydrogen) atoms. The second-order valence-corrected chi connectivity index (χ2v) is 2.26. The lowest BCUT2D eigenvalue weighted by Gasteiger charge is -1.94. The molecular weight excluding hydrogens is 142 g/mol. The molecule has 1 aromatic heterocycles. The molecule has 0 aliphatic carbocycles. The maximum Gasteiger partial charge on any atom is 0.0500 e. The molecule has 2 heteroatoms. The number of hydrogen-bond donors (Lipinski definition) is 1. The normalized spacial score (nSPS) is 9.30. The lowest BCUT2D eigenvalue weighted by atomic mass is 10.2. The van der Waals surface area contributed by atoms with Crippen LogP contribution in [0.3, 0.4) is 0 Å². The van der Waals surface area contributed by atoms with Gasteiger partial charge in [0, 0.05) is 17.6 Å². The number of nitrogens with zero attached hydrogens (tertiary/aromatic N) is 1. The lowest BCUT2D eigenvalue weighted by molar-refractivity contribution is 1.17. The van der Waals surface area contributed by atoms with Gasteiger partial charge in [0.15, 0.2) is 0 Å². The van der Waals surface area contributed by atoms with Gasteiger partial charge in [-0.15, -0.1) is 0 Å². The summed E-state index contributed by atoms with van der Waals surface area (Å²) in [6.07, 6.45) is 3.56. The third kappa shape index (κ3) is 1.61. The molecule has 0 saturated carbocycles. The highest BCUT2D eigenvalue weighted by Gasteiger charge is 1.88. The van der Waals surface area contributed by atoms with Crippen LogP contribution in [0.25, 0.3) is 6.08 Å². The van der Waals surface area contributed by atoms with E-state index in [1.165, 1.54) is 0 Å². The molecule has 0 N–H and O–H groups in total. The zero-order valence-electron chi connectivity index (χ0n) is 5.62. The largest absolute Gasteiger partial charge is 0.260 e. The highest BCUT2D eigenvalue weighted by atomic mass is 32.1. The van der Waals surface area contributed by atoms with Gasteiger partial charge in [0.1, 0.15) is 0 Å². The average Bonchev–Trinajstić information content (AvgIpc) is 2.05. The predicted octanol–water partition coefficient (Wildman–Crippen LogP) is 2.15. The standard InChI is InChI=1S/C8H9NS/c1-2-7-3-4-8(6-10)9-5-7/h2-5,10H,1,6H2. The Morgan fingerprint density at radius 2 is 2.40 bits per heavy atom. The SMILES string of the molecule is C=Cc1ccc(CS)nc1. The van der Waals surface area contributed by atoms with Crippen molar-refractivity contribution in [2.45, 2.75) is 5.75 Å². The van der Waals surface area contributed by atoms with Crippen molar-refractivity contribution in [3.05, 3.63) is 36.2 Å². The van der Waals surface area contributed by atoms with Crippen LogP contribution in [-0.4, -0.2) is 4.98 Å². The van der Waals surface area contributed by atoms with Crippen LogP contribution in [-0.2, 0) is 5.75 Å². The summed E-state index contributed by atoms with van der Waals surface area (Å²) < 4.78 is 0. The molecule has 1 heterocycles. The van der Waals surface area contributed by atoms with Gasteiger partial charge in [-0.1, -0.05) is 18.7 Å². The molecule has 0 aromatic carbocycles. The van der Waals surface area contributed by atoms with Crippen molar-refractivity contribution < 1.29 is 0 Å². The minimum atomic E-state index is 0.692. The summed E-state index contributed by atoms with van der Waals surface area (Å²) >= 11 is 4.09. The van der Waals surface area contributed by atoms with Crippen molar-refractivity contribution >= 4 is 18.7 Å². The molecular formula is C8H9NS. The van der Waals surface area contributed by atoms with Crippen LogP contribution < -0.4 is 0 Å². The maximum atomic E-state index is 4.12. The molecule has 0 bridgehead atoms. The summed E-state index contributed by atoms with van der Waals surface area (Å²) in [7, 11) is 0. The number of thiol groups is 1. The maximum absolute atomic E-state index is 4.12. The van der Waals surface area contributed by atoms with Crippen molar-refractivity contribution in [2.75, 3.05) is 0 Å². The van der Waals surface area contributed by atoms with E-state index in [0.717, 1.165) is 11.3 Å². The topological polar surface area (TPSA) is 12.9 Å². The molecule has 0 atom stereocenters. The van der Waals surface area contributed by atoms with Crippen LogP contribution in [0.1, 0.15) is 11.3 Å². The number of hydrogen-bond acceptors (Lipinski definition) is 2. The number of aromatic nitrogens is 1. The first-order chi connectivity index (χ1) is 4.86. The van der Waals surface area contributed by atoms with Crippen molar-refractivity contribution in [1.29, 1.82) is 0 Å². The van der Waals surface area contributed by atoms with Gasteiger partial charge in [-0.25, -0.2) is 0 Å². The smallest absolute Gasteiger partial charge is 0.0500 e. The summed E-state index contributed by atoms with van der Waals surface area (Å²) in [6, 6.07) is 3.93. The molecule has 1 nitrogen and oxygen atoms in total. The first kappa shape index (κ1) is 7.35. The summed E-state index contributed by atoms with van der Waals surface area (Å²) in [4.78, 5) is 4.12. The summed E-state index contributed by atoms with van der Waals surface area (Å²) in [5.41, 5.74) is 2.04. The molecule has 0 spiro atoms. The van der Waals surface area contributed by atoms with Gasteiger partial charge in [-0.3, -0.25) is 4.98 Å². The molecule has 0 aliphatic rings. The van der Waals surface area contributed by atoms with Gasteiger partial charge < -0.3 is 0 Å². The van der Waals surface area contributed by atoms with E-state index >= 15 is 0 Å². The molecule has 0 aliphatic heterocycles. The van der Waals surface area contributed by atoms with E-state index in [2.05, 4.69) is 24.2 Å². The molecule has 1 rings (SSSR count). The Morgan fingerprint density at radius 3 is 2.80 bits per heavy atom. The monoisotopic (exact) mass is 151 g/mol. The first-order valence-electron chi connectivity index (χ1n) is 3.05. The first-order valence-corrected chi connectivity index (χ1v) is 3.68. The van der Waals surface area contributed by atoms with Gasteiger partial charge >= 0.3 is 0 Å². The van der Waals surface area contributed by atoms with E-state index in [1.54, 1.807) is 12.3 Å². The zero-order valence-corrected chi connectivity index (χ0v) is 6.51. The minimum Gasteiger partial charge on any atom is -0.260 e. The zero-order chi connectivity index (χ0) is 7.40. The Kier molecular flexibility index (Phi) is 2.51. The summed E-state index contributed by atoms with van der Waals surface area (Å²) in [6.45, 7) is 3.63. The Hall–Kier alpha value is -0.760. The minimum absolute atomic E-state index is 0.692. The highest BCUT2D eigenvalue weighted by Crippen LogP contribution is 2.02. The predicted molar refractivity (Wildman–Crippen MR) is 47.0 cm³/mol. The average molecular weight is 151 g/mol. The molecule has 0 radical (unpaired) electrons. The molecule has 0 unspecified atom stereocenters. The van der Waals surface area contributed by atoms with E-state index in [4.69, 9.17) is 0 Å². The van der Waals surface area contributed by atoms with E-state index in [0.29, 0.717) is 5.75 Å². The Labute approximate surface area is 66.2 Å². The fourth-order valence-electron chi connectivity index (χ4n) is 0.650. The summed E-state index contributed by atoms with van der Waals surface area (Å²) in [5, 5.41) is 0. The van der Waals surface area contributed by atoms with Gasteiger partial charge in [0.25, 0.3) is 0 Å². The van der Waals surface area contributed by atoms with Gasteiger partial charge in [-0.2, -0.15) is 12.6 Å². The van der Waals surface area contributed by atoms with E-state index in [-0.39, 0.29) is 0 Å². The van der Waals surface area contributed by atoms with Gasteiger partial charge in [0.05, 0.1) is 0 Å². The Bertz CT molecular complexity index is 215. The quantitative estimate of drug-likeness (QED) is 0.639. The number of pyridine rings is 1.